The first-order valence-electron chi connectivity index (χ1n) is 5.60. The second-order valence-corrected chi connectivity index (χ2v) is 3.95. The molecule has 19 heavy (non-hydrogen) atoms. The van der Waals surface area contributed by atoms with E-state index in [0.29, 0.717) is 17.2 Å². The standard InChI is InChI=1S/C12H14N2O5/c1-18-9-4-3-7(5-10(9)19-2)14-8(11(15)16)6-13-12(14)17/h3-5,8H,6H2,1-2H3,(H,13,17)(H,15,16). The van der Waals surface area contributed by atoms with E-state index in [9.17, 15) is 9.59 Å². The summed E-state index contributed by atoms with van der Waals surface area (Å²) in [6.07, 6.45) is 0. The van der Waals surface area contributed by atoms with E-state index in [1.54, 1.807) is 18.2 Å². The summed E-state index contributed by atoms with van der Waals surface area (Å²) in [6.45, 7) is 0.0719. The Morgan fingerprint density at radius 3 is 2.63 bits per heavy atom. The monoisotopic (exact) mass is 266 g/mol. The molecule has 0 radical (unpaired) electrons. The molecule has 7 heteroatoms. The van der Waals surface area contributed by atoms with Crippen LogP contribution in [0.5, 0.6) is 11.5 Å². The molecule has 1 heterocycles. The fourth-order valence-corrected chi connectivity index (χ4v) is 1.97. The first kappa shape index (κ1) is 13.0. The number of carbonyl (C=O) groups is 2. The number of carboxylic acids is 1. The van der Waals surface area contributed by atoms with Gasteiger partial charge in [0.15, 0.2) is 17.5 Å². The topological polar surface area (TPSA) is 88.1 Å². The van der Waals surface area contributed by atoms with Crippen LogP contribution in [0, 0.1) is 0 Å². The van der Waals surface area contributed by atoms with E-state index in [4.69, 9.17) is 14.6 Å². The largest absolute Gasteiger partial charge is 0.493 e. The van der Waals surface area contributed by atoms with E-state index < -0.39 is 18.0 Å². The van der Waals surface area contributed by atoms with Crippen molar-refractivity contribution in [2.45, 2.75) is 6.04 Å². The molecule has 1 aliphatic rings. The summed E-state index contributed by atoms with van der Waals surface area (Å²) in [6, 6.07) is 3.44. The fourth-order valence-electron chi connectivity index (χ4n) is 1.97. The van der Waals surface area contributed by atoms with E-state index in [-0.39, 0.29) is 6.54 Å². The maximum Gasteiger partial charge on any atom is 0.328 e. The highest BCUT2D eigenvalue weighted by molar-refractivity contribution is 6.01. The van der Waals surface area contributed by atoms with Gasteiger partial charge in [-0.2, -0.15) is 0 Å². The lowest BCUT2D eigenvalue weighted by Gasteiger charge is -2.21. The molecule has 2 rings (SSSR count). The average Bonchev–Trinajstić information content (AvgIpc) is 2.80. The molecule has 1 atom stereocenters. The highest BCUT2D eigenvalue weighted by Crippen LogP contribution is 2.33. The Bertz CT molecular complexity index is 517. The summed E-state index contributed by atoms with van der Waals surface area (Å²) in [5, 5.41) is 11.6. The molecule has 1 saturated heterocycles. The van der Waals surface area contributed by atoms with Crippen LogP contribution in [0.2, 0.25) is 0 Å². The van der Waals surface area contributed by atoms with Gasteiger partial charge in [0.05, 0.1) is 26.5 Å². The van der Waals surface area contributed by atoms with Gasteiger partial charge in [0.1, 0.15) is 0 Å². The number of amides is 2. The summed E-state index contributed by atoms with van der Waals surface area (Å²) in [5.41, 5.74) is 0.444. The van der Waals surface area contributed by atoms with Gasteiger partial charge >= 0.3 is 12.0 Å². The van der Waals surface area contributed by atoms with Gasteiger partial charge in [-0.15, -0.1) is 0 Å². The number of anilines is 1. The Balaban J connectivity index is 2.40. The third kappa shape index (κ3) is 2.26. The average molecular weight is 266 g/mol. The Hall–Kier alpha value is -2.44. The molecule has 1 unspecified atom stereocenters. The van der Waals surface area contributed by atoms with Crippen LogP contribution >= 0.6 is 0 Å². The SMILES string of the molecule is COc1ccc(N2C(=O)NCC2C(=O)O)cc1OC. The molecular weight excluding hydrogens is 252 g/mol. The summed E-state index contributed by atoms with van der Waals surface area (Å²) >= 11 is 0. The first-order chi connectivity index (χ1) is 9.08. The van der Waals surface area contributed by atoms with E-state index >= 15 is 0 Å². The zero-order valence-corrected chi connectivity index (χ0v) is 10.5. The van der Waals surface area contributed by atoms with Gasteiger partial charge in [0.2, 0.25) is 0 Å². The van der Waals surface area contributed by atoms with Gasteiger partial charge in [-0.1, -0.05) is 0 Å². The molecule has 102 valence electrons. The Morgan fingerprint density at radius 1 is 1.37 bits per heavy atom. The second kappa shape index (κ2) is 5.05. The summed E-state index contributed by atoms with van der Waals surface area (Å²) in [5.74, 6) is -0.116. The summed E-state index contributed by atoms with van der Waals surface area (Å²) in [4.78, 5) is 24.0. The van der Waals surface area contributed by atoms with Crippen molar-refractivity contribution in [1.82, 2.24) is 5.32 Å². The van der Waals surface area contributed by atoms with Crippen LogP contribution < -0.4 is 19.7 Å². The number of benzene rings is 1. The van der Waals surface area contributed by atoms with Gasteiger partial charge < -0.3 is 19.9 Å². The molecule has 1 aromatic rings. The number of nitrogens with zero attached hydrogens (tertiary/aromatic N) is 1. The molecule has 0 bridgehead atoms. The van der Waals surface area contributed by atoms with Crippen molar-refractivity contribution in [3.8, 4) is 11.5 Å². The highest BCUT2D eigenvalue weighted by Gasteiger charge is 2.37. The number of ether oxygens (including phenoxy) is 2. The minimum atomic E-state index is -1.06. The normalized spacial score (nSPS) is 18.1. The van der Waals surface area contributed by atoms with Crippen molar-refractivity contribution in [1.29, 1.82) is 0 Å². The molecule has 0 saturated carbocycles. The number of aliphatic carboxylic acids is 1. The van der Waals surface area contributed by atoms with Crippen LogP contribution in [0.4, 0.5) is 10.5 Å². The molecule has 2 N–H and O–H groups in total. The zero-order valence-electron chi connectivity index (χ0n) is 10.5. The molecule has 1 fully saturated rings. The van der Waals surface area contributed by atoms with Crippen molar-refractivity contribution < 1.29 is 24.2 Å². The van der Waals surface area contributed by atoms with Crippen molar-refractivity contribution in [2.24, 2.45) is 0 Å². The molecule has 1 aliphatic heterocycles. The van der Waals surface area contributed by atoms with Gasteiger partial charge in [-0.25, -0.2) is 9.59 Å². The van der Waals surface area contributed by atoms with E-state index in [1.807, 2.05) is 0 Å². The van der Waals surface area contributed by atoms with Crippen molar-refractivity contribution in [3.63, 3.8) is 0 Å². The van der Waals surface area contributed by atoms with Crippen LogP contribution in [-0.4, -0.2) is 43.9 Å². The molecule has 7 nitrogen and oxygen atoms in total. The number of methoxy groups -OCH3 is 2. The molecule has 0 aromatic heterocycles. The third-order valence-electron chi connectivity index (χ3n) is 2.91. The Labute approximate surface area is 109 Å². The maximum atomic E-state index is 11.7. The van der Waals surface area contributed by atoms with Crippen molar-refractivity contribution in [3.05, 3.63) is 18.2 Å². The van der Waals surface area contributed by atoms with Gasteiger partial charge in [0, 0.05) is 6.07 Å². The quantitative estimate of drug-likeness (QED) is 0.837. The molecule has 2 amide bonds. The van der Waals surface area contributed by atoms with Crippen molar-refractivity contribution in [2.75, 3.05) is 25.7 Å². The predicted octanol–water partition coefficient (Wildman–Crippen LogP) is 0.687. The summed E-state index contributed by atoms with van der Waals surface area (Å²) < 4.78 is 10.2. The van der Waals surface area contributed by atoms with E-state index in [0.717, 1.165) is 0 Å². The number of carbonyl (C=O) groups excluding carboxylic acids is 1. The number of nitrogens with one attached hydrogen (secondary N) is 1. The minimum absolute atomic E-state index is 0.0719. The number of hydrogen-bond donors (Lipinski definition) is 2. The highest BCUT2D eigenvalue weighted by atomic mass is 16.5. The Morgan fingerprint density at radius 2 is 2.05 bits per heavy atom. The number of rotatable bonds is 4. The molecule has 0 aliphatic carbocycles. The minimum Gasteiger partial charge on any atom is -0.493 e. The summed E-state index contributed by atoms with van der Waals surface area (Å²) in [7, 11) is 2.97. The molecule has 0 spiro atoms. The third-order valence-corrected chi connectivity index (χ3v) is 2.91. The molecular formula is C12H14N2O5. The van der Waals surface area contributed by atoms with Crippen LogP contribution in [0.25, 0.3) is 0 Å². The maximum absolute atomic E-state index is 11.7. The van der Waals surface area contributed by atoms with Crippen molar-refractivity contribution >= 4 is 17.7 Å². The zero-order chi connectivity index (χ0) is 14.0. The predicted molar refractivity (Wildman–Crippen MR) is 66.8 cm³/mol. The van der Waals surface area contributed by atoms with Gasteiger partial charge in [-0.3, -0.25) is 4.90 Å². The Kier molecular flexibility index (Phi) is 3.46. The van der Waals surface area contributed by atoms with Crippen LogP contribution in [0.3, 0.4) is 0 Å². The van der Waals surface area contributed by atoms with Crippen LogP contribution in [0.1, 0.15) is 0 Å². The smallest absolute Gasteiger partial charge is 0.328 e. The van der Waals surface area contributed by atoms with Crippen LogP contribution in [0.15, 0.2) is 18.2 Å². The number of urea groups is 1. The fraction of sp³-hybridized carbons (Fsp3) is 0.333. The van der Waals surface area contributed by atoms with Gasteiger partial charge in [-0.05, 0) is 12.1 Å². The second-order valence-electron chi connectivity index (χ2n) is 3.95. The van der Waals surface area contributed by atoms with E-state index in [2.05, 4.69) is 5.32 Å². The lowest BCUT2D eigenvalue weighted by atomic mass is 10.2. The number of carboxylic acid groups (broad SMARTS) is 1. The first-order valence-corrected chi connectivity index (χ1v) is 5.60. The lowest BCUT2D eigenvalue weighted by Crippen LogP contribution is -2.39. The molecule has 1 aromatic carbocycles. The number of hydrogen-bond acceptors (Lipinski definition) is 4. The van der Waals surface area contributed by atoms with Crippen LogP contribution in [-0.2, 0) is 4.79 Å². The lowest BCUT2D eigenvalue weighted by molar-refractivity contribution is -0.137. The van der Waals surface area contributed by atoms with E-state index in [1.165, 1.54) is 19.1 Å². The van der Waals surface area contributed by atoms with Gasteiger partial charge in [0.25, 0.3) is 0 Å².